The van der Waals surface area contributed by atoms with Crippen LogP contribution in [0.25, 0.3) is 0 Å². The van der Waals surface area contributed by atoms with E-state index in [4.69, 9.17) is 4.74 Å². The van der Waals surface area contributed by atoms with Gasteiger partial charge in [-0.05, 0) is 69.0 Å². The zero-order valence-electron chi connectivity index (χ0n) is 20.7. The predicted octanol–water partition coefficient (Wildman–Crippen LogP) is 3.32. The number of amides is 2. The van der Waals surface area contributed by atoms with E-state index < -0.39 is 6.04 Å². The monoisotopic (exact) mass is 477 g/mol. The molecule has 7 heteroatoms. The van der Waals surface area contributed by atoms with Crippen molar-refractivity contribution in [3.8, 4) is 5.75 Å². The normalized spacial score (nSPS) is 17.0. The molecule has 2 amide bonds. The molecule has 1 atom stereocenters. The van der Waals surface area contributed by atoms with E-state index in [1.807, 2.05) is 54.3 Å². The topological polar surface area (TPSA) is 79.0 Å². The number of aryl methyl sites for hydroxylation is 1. The third-order valence-corrected chi connectivity index (χ3v) is 6.77. The van der Waals surface area contributed by atoms with Crippen LogP contribution >= 0.6 is 0 Å². The van der Waals surface area contributed by atoms with Gasteiger partial charge in [-0.25, -0.2) is 0 Å². The Hall–Kier alpha value is -3.19. The predicted molar refractivity (Wildman–Crippen MR) is 135 cm³/mol. The molecule has 186 valence electrons. The molecule has 0 spiro atoms. The largest absolute Gasteiger partial charge is 0.494 e. The quantitative estimate of drug-likeness (QED) is 0.420. The number of nitrogens with zero attached hydrogens (tertiary/aromatic N) is 2. The summed E-state index contributed by atoms with van der Waals surface area (Å²) in [4.78, 5) is 41.6. The highest BCUT2D eigenvalue weighted by molar-refractivity contribution is 5.99. The molecule has 1 aliphatic carbocycles. The Morgan fingerprint density at radius 2 is 1.69 bits per heavy atom. The number of ether oxygens (including phenoxy) is 1. The van der Waals surface area contributed by atoms with Gasteiger partial charge >= 0.3 is 0 Å². The molecule has 1 aliphatic heterocycles. The Labute approximate surface area is 207 Å². The number of Topliss-reactive ketones (excluding diaryl/α,β-unsaturated/α-hetero) is 1. The lowest BCUT2D eigenvalue weighted by molar-refractivity contribution is -0.134. The number of piperazine rings is 1. The Kier molecular flexibility index (Phi) is 8.18. The van der Waals surface area contributed by atoms with E-state index in [9.17, 15) is 14.4 Å². The molecule has 1 N–H and O–H groups in total. The fourth-order valence-corrected chi connectivity index (χ4v) is 4.40. The fourth-order valence-electron chi connectivity index (χ4n) is 4.40. The molecule has 1 heterocycles. The van der Waals surface area contributed by atoms with Crippen molar-refractivity contribution in [1.82, 2.24) is 15.1 Å². The highest BCUT2D eigenvalue weighted by Crippen LogP contribution is 2.32. The molecule has 2 aromatic carbocycles. The average molecular weight is 478 g/mol. The van der Waals surface area contributed by atoms with Gasteiger partial charge < -0.3 is 15.0 Å². The average Bonchev–Trinajstić information content (AvgIpc) is 3.72. The van der Waals surface area contributed by atoms with Crippen LogP contribution in [-0.4, -0.2) is 72.8 Å². The molecule has 7 nitrogen and oxygen atoms in total. The molecule has 0 bridgehead atoms. The maximum atomic E-state index is 12.8. The van der Waals surface area contributed by atoms with Crippen molar-refractivity contribution < 1.29 is 19.1 Å². The van der Waals surface area contributed by atoms with Gasteiger partial charge in [0.2, 0.25) is 5.91 Å². The third kappa shape index (κ3) is 6.69. The molecule has 2 aliphatic rings. The van der Waals surface area contributed by atoms with Gasteiger partial charge in [-0.15, -0.1) is 0 Å². The molecular formula is C28H35N3O4. The second kappa shape index (κ2) is 11.5. The molecule has 1 saturated carbocycles. The number of carbonyl (C=O) groups excluding carboxylic acids is 3. The number of carbonyl (C=O) groups is 3. The summed E-state index contributed by atoms with van der Waals surface area (Å²) in [6, 6.07) is 14.3. The number of nitrogens with one attached hydrogen (secondary N) is 1. The summed E-state index contributed by atoms with van der Waals surface area (Å²) in [5.41, 5.74) is 2.26. The van der Waals surface area contributed by atoms with Gasteiger partial charge in [0, 0.05) is 49.8 Å². The molecular weight excluding hydrogens is 442 g/mol. The van der Waals surface area contributed by atoms with Gasteiger partial charge in [0.1, 0.15) is 11.8 Å². The van der Waals surface area contributed by atoms with Gasteiger partial charge in [0.15, 0.2) is 5.78 Å². The Morgan fingerprint density at radius 3 is 2.34 bits per heavy atom. The van der Waals surface area contributed by atoms with Crippen molar-refractivity contribution in [2.45, 2.75) is 39.2 Å². The number of hydrogen-bond acceptors (Lipinski definition) is 5. The number of rotatable bonds is 10. The van der Waals surface area contributed by atoms with E-state index in [2.05, 4.69) is 10.2 Å². The summed E-state index contributed by atoms with van der Waals surface area (Å²) >= 11 is 0. The van der Waals surface area contributed by atoms with E-state index in [1.54, 1.807) is 13.0 Å². The zero-order valence-corrected chi connectivity index (χ0v) is 20.7. The smallest absolute Gasteiger partial charge is 0.252 e. The van der Waals surface area contributed by atoms with Gasteiger partial charge in [0.05, 0.1) is 6.61 Å². The second-order valence-corrected chi connectivity index (χ2v) is 9.54. The fraction of sp³-hybridized carbons (Fsp3) is 0.464. The minimum Gasteiger partial charge on any atom is -0.494 e. The maximum Gasteiger partial charge on any atom is 0.252 e. The lowest BCUT2D eigenvalue weighted by atomic mass is 10.1. The SMILES string of the molecule is Cc1ccccc1C(=O)N[C@H](C)C(=O)N1CCN(CCCOc2ccc(C(=O)C3CC3)cc2)CC1. The summed E-state index contributed by atoms with van der Waals surface area (Å²) < 4.78 is 5.84. The van der Waals surface area contributed by atoms with E-state index in [0.29, 0.717) is 25.3 Å². The van der Waals surface area contributed by atoms with Crippen LogP contribution in [0.1, 0.15) is 52.5 Å². The van der Waals surface area contributed by atoms with Crippen molar-refractivity contribution in [2.24, 2.45) is 5.92 Å². The molecule has 0 unspecified atom stereocenters. The maximum absolute atomic E-state index is 12.8. The Balaban J connectivity index is 1.13. The number of benzene rings is 2. The van der Waals surface area contributed by atoms with Crippen molar-refractivity contribution in [3.05, 3.63) is 65.2 Å². The van der Waals surface area contributed by atoms with Gasteiger partial charge in [-0.2, -0.15) is 0 Å². The summed E-state index contributed by atoms with van der Waals surface area (Å²) in [6.45, 7) is 8.07. The van der Waals surface area contributed by atoms with Crippen LogP contribution in [0.5, 0.6) is 5.75 Å². The molecule has 2 aromatic rings. The minimum atomic E-state index is -0.562. The standard InChI is InChI=1S/C28H35N3O4/c1-20-6-3-4-7-25(20)27(33)29-21(2)28(34)31-17-15-30(16-18-31)14-5-19-35-24-12-10-23(11-13-24)26(32)22-8-9-22/h3-4,6-7,10-13,21-22H,5,8-9,14-19H2,1-2H3,(H,29,33)/t21-/m1/s1. The highest BCUT2D eigenvalue weighted by atomic mass is 16.5. The van der Waals surface area contributed by atoms with E-state index in [-0.39, 0.29) is 23.5 Å². The highest BCUT2D eigenvalue weighted by Gasteiger charge is 2.30. The molecule has 0 radical (unpaired) electrons. The first-order valence-corrected chi connectivity index (χ1v) is 12.6. The molecule has 4 rings (SSSR count). The van der Waals surface area contributed by atoms with Crippen molar-refractivity contribution in [2.75, 3.05) is 39.3 Å². The molecule has 2 fully saturated rings. The van der Waals surface area contributed by atoms with Gasteiger partial charge in [0.25, 0.3) is 5.91 Å². The Morgan fingerprint density at radius 1 is 1.00 bits per heavy atom. The Bertz CT molecular complexity index is 1040. The van der Waals surface area contributed by atoms with Crippen molar-refractivity contribution in [3.63, 3.8) is 0 Å². The van der Waals surface area contributed by atoms with E-state index >= 15 is 0 Å². The molecule has 35 heavy (non-hydrogen) atoms. The van der Waals surface area contributed by atoms with Crippen LogP contribution in [0.2, 0.25) is 0 Å². The molecule has 1 saturated heterocycles. The van der Waals surface area contributed by atoms with Crippen LogP contribution < -0.4 is 10.1 Å². The third-order valence-electron chi connectivity index (χ3n) is 6.77. The summed E-state index contributed by atoms with van der Waals surface area (Å²) in [7, 11) is 0. The van der Waals surface area contributed by atoms with Crippen LogP contribution in [-0.2, 0) is 4.79 Å². The first-order chi connectivity index (χ1) is 16.9. The van der Waals surface area contributed by atoms with Crippen LogP contribution in [0.15, 0.2) is 48.5 Å². The van der Waals surface area contributed by atoms with Crippen LogP contribution in [0.3, 0.4) is 0 Å². The number of hydrogen-bond donors (Lipinski definition) is 1. The van der Waals surface area contributed by atoms with E-state index in [1.165, 1.54) is 0 Å². The lowest BCUT2D eigenvalue weighted by Crippen LogP contribution is -2.54. The minimum absolute atomic E-state index is 0.0430. The summed E-state index contributed by atoms with van der Waals surface area (Å²) in [6.07, 6.45) is 2.92. The zero-order chi connectivity index (χ0) is 24.8. The van der Waals surface area contributed by atoms with Gasteiger partial charge in [-0.1, -0.05) is 18.2 Å². The first kappa shape index (κ1) is 24.9. The van der Waals surface area contributed by atoms with Crippen molar-refractivity contribution in [1.29, 1.82) is 0 Å². The first-order valence-electron chi connectivity index (χ1n) is 12.6. The second-order valence-electron chi connectivity index (χ2n) is 9.54. The van der Waals surface area contributed by atoms with Crippen LogP contribution in [0.4, 0.5) is 0 Å². The van der Waals surface area contributed by atoms with Crippen LogP contribution in [0, 0.1) is 12.8 Å². The van der Waals surface area contributed by atoms with Crippen molar-refractivity contribution >= 4 is 17.6 Å². The number of ketones is 1. The molecule has 0 aromatic heterocycles. The lowest BCUT2D eigenvalue weighted by Gasteiger charge is -2.36. The van der Waals surface area contributed by atoms with E-state index in [0.717, 1.165) is 55.8 Å². The summed E-state index contributed by atoms with van der Waals surface area (Å²) in [5.74, 6) is 1.01. The summed E-state index contributed by atoms with van der Waals surface area (Å²) in [5, 5.41) is 2.84. The van der Waals surface area contributed by atoms with Gasteiger partial charge in [-0.3, -0.25) is 19.3 Å².